The molecular weight excluding hydrogens is 236 g/mol. The van der Waals surface area contributed by atoms with E-state index in [1.165, 1.54) is 32.1 Å². The molecule has 2 unspecified atom stereocenters. The van der Waals surface area contributed by atoms with Crippen LogP contribution in [0.5, 0.6) is 0 Å². The number of hydrogen-bond donors (Lipinski definition) is 2. The van der Waals surface area contributed by atoms with Crippen molar-refractivity contribution in [2.45, 2.75) is 85.5 Å². The molecule has 2 atom stereocenters. The summed E-state index contributed by atoms with van der Waals surface area (Å²) in [7, 11) is 0. The van der Waals surface area contributed by atoms with E-state index in [4.69, 9.17) is 0 Å². The van der Waals surface area contributed by atoms with E-state index in [0.717, 1.165) is 25.7 Å². The van der Waals surface area contributed by atoms with E-state index >= 15 is 0 Å². The highest BCUT2D eigenvalue weighted by Crippen LogP contribution is 2.29. The Kier molecular flexibility index (Phi) is 9.72. The van der Waals surface area contributed by atoms with Crippen LogP contribution in [0.2, 0.25) is 0 Å². The molecule has 2 nitrogen and oxygen atoms in total. The predicted molar refractivity (Wildman–Crippen MR) is 83.3 cm³/mol. The molecule has 19 heavy (non-hydrogen) atoms. The zero-order chi connectivity index (χ0) is 14.8. The first-order valence-corrected chi connectivity index (χ1v) is 8.17. The van der Waals surface area contributed by atoms with Gasteiger partial charge >= 0.3 is 0 Å². The first-order valence-electron chi connectivity index (χ1n) is 8.17. The summed E-state index contributed by atoms with van der Waals surface area (Å²) in [5.41, 5.74) is 0.273. The molecule has 0 aromatic carbocycles. The van der Waals surface area contributed by atoms with Crippen molar-refractivity contribution >= 4 is 0 Å². The van der Waals surface area contributed by atoms with E-state index in [0.29, 0.717) is 13.2 Å². The highest BCUT2D eigenvalue weighted by Gasteiger charge is 2.21. The third-order valence-electron chi connectivity index (χ3n) is 5.03. The second-order valence-electron chi connectivity index (χ2n) is 6.91. The zero-order valence-corrected chi connectivity index (χ0v) is 13.7. The van der Waals surface area contributed by atoms with E-state index in [2.05, 4.69) is 27.7 Å². The van der Waals surface area contributed by atoms with Gasteiger partial charge in [0.05, 0.1) is 0 Å². The minimum absolute atomic E-state index is 0.137. The highest BCUT2D eigenvalue weighted by molar-refractivity contribution is 4.72. The van der Waals surface area contributed by atoms with Crippen LogP contribution in [-0.4, -0.2) is 23.4 Å². The average molecular weight is 272 g/mol. The van der Waals surface area contributed by atoms with Gasteiger partial charge in [0.15, 0.2) is 0 Å². The van der Waals surface area contributed by atoms with Crippen molar-refractivity contribution in [3.63, 3.8) is 0 Å². The SMILES string of the molecule is CCC(C)(CO)CCCCCCCC(C)(CC)CO. The molecule has 0 bridgehead atoms. The molecule has 0 aliphatic rings. The maximum Gasteiger partial charge on any atom is 0.0484 e. The Bertz CT molecular complexity index is 183. The fourth-order valence-electron chi connectivity index (χ4n) is 2.37. The molecule has 0 radical (unpaired) electrons. The van der Waals surface area contributed by atoms with Gasteiger partial charge in [-0.25, -0.2) is 0 Å². The van der Waals surface area contributed by atoms with Gasteiger partial charge in [0.1, 0.15) is 0 Å². The summed E-state index contributed by atoms with van der Waals surface area (Å²) in [6.07, 6.45) is 10.7. The number of aliphatic hydroxyl groups excluding tert-OH is 2. The van der Waals surface area contributed by atoms with Gasteiger partial charge in [0, 0.05) is 13.2 Å². The van der Waals surface area contributed by atoms with Gasteiger partial charge < -0.3 is 10.2 Å². The van der Waals surface area contributed by atoms with E-state index in [1.54, 1.807) is 0 Å². The molecule has 0 aromatic rings. The molecule has 0 saturated carbocycles. The van der Waals surface area contributed by atoms with Crippen molar-refractivity contribution in [1.82, 2.24) is 0 Å². The molecule has 0 spiro atoms. The van der Waals surface area contributed by atoms with Crippen LogP contribution in [0.1, 0.15) is 85.5 Å². The summed E-state index contributed by atoms with van der Waals surface area (Å²) in [4.78, 5) is 0. The predicted octanol–water partition coefficient (Wildman–Crippen LogP) is 4.53. The molecule has 0 amide bonds. The van der Waals surface area contributed by atoms with Crippen LogP contribution in [0.4, 0.5) is 0 Å². The molecule has 0 rings (SSSR count). The third-order valence-corrected chi connectivity index (χ3v) is 5.03. The fourth-order valence-corrected chi connectivity index (χ4v) is 2.37. The summed E-state index contributed by atoms with van der Waals surface area (Å²) in [5, 5.41) is 18.7. The van der Waals surface area contributed by atoms with E-state index in [-0.39, 0.29) is 10.8 Å². The van der Waals surface area contributed by atoms with Crippen LogP contribution in [-0.2, 0) is 0 Å². The minimum atomic E-state index is 0.137. The van der Waals surface area contributed by atoms with Crippen molar-refractivity contribution in [2.75, 3.05) is 13.2 Å². The maximum absolute atomic E-state index is 9.35. The number of rotatable bonds is 12. The van der Waals surface area contributed by atoms with Crippen molar-refractivity contribution in [2.24, 2.45) is 10.8 Å². The Morgan fingerprint density at radius 2 is 0.947 bits per heavy atom. The van der Waals surface area contributed by atoms with Crippen LogP contribution in [0.15, 0.2) is 0 Å². The maximum atomic E-state index is 9.35. The molecule has 0 saturated heterocycles. The molecule has 2 N–H and O–H groups in total. The molecule has 0 aromatic heterocycles. The fraction of sp³-hybridized carbons (Fsp3) is 1.00. The lowest BCUT2D eigenvalue weighted by atomic mass is 9.82. The second kappa shape index (κ2) is 9.77. The number of aliphatic hydroxyl groups is 2. The topological polar surface area (TPSA) is 40.5 Å². The zero-order valence-electron chi connectivity index (χ0n) is 13.7. The van der Waals surface area contributed by atoms with Crippen molar-refractivity contribution < 1.29 is 10.2 Å². The van der Waals surface area contributed by atoms with Crippen molar-refractivity contribution in [3.8, 4) is 0 Å². The minimum Gasteiger partial charge on any atom is -0.396 e. The van der Waals surface area contributed by atoms with E-state index in [9.17, 15) is 10.2 Å². The van der Waals surface area contributed by atoms with Gasteiger partial charge in [0.25, 0.3) is 0 Å². The lowest BCUT2D eigenvalue weighted by Crippen LogP contribution is -2.20. The van der Waals surface area contributed by atoms with Crippen molar-refractivity contribution in [3.05, 3.63) is 0 Å². The summed E-state index contributed by atoms with van der Waals surface area (Å²) in [6, 6.07) is 0. The second-order valence-corrected chi connectivity index (χ2v) is 6.91. The smallest absolute Gasteiger partial charge is 0.0484 e. The Labute approximate surface area is 120 Å². The number of hydrogen-bond acceptors (Lipinski definition) is 2. The van der Waals surface area contributed by atoms with Gasteiger partial charge in [-0.1, -0.05) is 59.8 Å². The van der Waals surface area contributed by atoms with Gasteiger partial charge in [-0.2, -0.15) is 0 Å². The normalized spacial score (nSPS) is 18.0. The van der Waals surface area contributed by atoms with Crippen LogP contribution in [0.25, 0.3) is 0 Å². The van der Waals surface area contributed by atoms with Crippen LogP contribution < -0.4 is 0 Å². The Hall–Kier alpha value is -0.0800. The van der Waals surface area contributed by atoms with Crippen LogP contribution in [0, 0.1) is 10.8 Å². The number of unbranched alkanes of at least 4 members (excludes halogenated alkanes) is 4. The van der Waals surface area contributed by atoms with Gasteiger partial charge in [-0.05, 0) is 36.5 Å². The molecule has 0 aliphatic carbocycles. The molecular formula is C17H36O2. The highest BCUT2D eigenvalue weighted by atomic mass is 16.3. The Morgan fingerprint density at radius 3 is 1.21 bits per heavy atom. The molecule has 2 heteroatoms. The first-order chi connectivity index (χ1) is 8.95. The third kappa shape index (κ3) is 7.94. The quantitative estimate of drug-likeness (QED) is 0.512. The Morgan fingerprint density at radius 1 is 0.632 bits per heavy atom. The summed E-state index contributed by atoms with van der Waals surface area (Å²) < 4.78 is 0. The van der Waals surface area contributed by atoms with Crippen molar-refractivity contribution in [1.29, 1.82) is 0 Å². The Balaban J connectivity index is 3.56. The van der Waals surface area contributed by atoms with Gasteiger partial charge in [-0.3, -0.25) is 0 Å². The van der Waals surface area contributed by atoms with E-state index < -0.39 is 0 Å². The molecule has 0 heterocycles. The van der Waals surface area contributed by atoms with Gasteiger partial charge in [-0.15, -0.1) is 0 Å². The van der Waals surface area contributed by atoms with Crippen LogP contribution in [0.3, 0.4) is 0 Å². The summed E-state index contributed by atoms with van der Waals surface area (Å²) in [6.45, 7) is 9.32. The molecule has 0 aliphatic heterocycles. The molecule has 116 valence electrons. The van der Waals surface area contributed by atoms with Crippen LogP contribution >= 0.6 is 0 Å². The van der Waals surface area contributed by atoms with Gasteiger partial charge in [0.2, 0.25) is 0 Å². The van der Waals surface area contributed by atoms with E-state index in [1.807, 2.05) is 0 Å². The first kappa shape index (κ1) is 18.9. The molecule has 0 fully saturated rings. The monoisotopic (exact) mass is 272 g/mol. The summed E-state index contributed by atoms with van der Waals surface area (Å²) in [5.74, 6) is 0. The average Bonchev–Trinajstić information content (AvgIpc) is 2.45. The summed E-state index contributed by atoms with van der Waals surface area (Å²) >= 11 is 0. The largest absolute Gasteiger partial charge is 0.396 e. The lowest BCUT2D eigenvalue weighted by Gasteiger charge is -2.26. The standard InChI is InChI=1S/C17H36O2/c1-5-16(3,14-18)12-10-8-7-9-11-13-17(4,6-2)15-19/h18-19H,5-15H2,1-4H3. The lowest BCUT2D eigenvalue weighted by molar-refractivity contribution is 0.122.